The van der Waals surface area contributed by atoms with Crippen LogP contribution in [0.4, 0.5) is 0 Å². The highest BCUT2D eigenvalue weighted by atomic mass is 16.4. The molecule has 1 aromatic heterocycles. The molecule has 0 atom stereocenters. The molecule has 148 valence electrons. The Hall–Kier alpha value is -1.78. The fourth-order valence-electron chi connectivity index (χ4n) is 2.55. The molecule has 1 aromatic rings. The van der Waals surface area contributed by atoms with E-state index in [0.29, 0.717) is 6.42 Å². The third kappa shape index (κ3) is 22.2. The molecule has 0 bridgehead atoms. The third-order valence-corrected chi connectivity index (χ3v) is 4.06. The monoisotopic (exact) mass is 363 g/mol. The SMILES string of the molecule is CCCCCCCC/C=C\CCCCCCCC(=O)O.c1cnnnc1. The molecule has 0 saturated carbocycles. The summed E-state index contributed by atoms with van der Waals surface area (Å²) in [5.41, 5.74) is 0. The second-order valence-electron chi connectivity index (χ2n) is 6.54. The normalized spacial score (nSPS) is 10.5. The van der Waals surface area contributed by atoms with Crippen molar-refractivity contribution in [3.05, 3.63) is 30.6 Å². The average molecular weight is 364 g/mol. The molecule has 0 amide bonds. The molecule has 1 N–H and O–H groups in total. The highest BCUT2D eigenvalue weighted by Gasteiger charge is 1.95. The number of aromatic nitrogens is 3. The van der Waals surface area contributed by atoms with E-state index in [0.717, 1.165) is 12.8 Å². The predicted molar refractivity (Wildman–Crippen MR) is 107 cm³/mol. The second-order valence-corrected chi connectivity index (χ2v) is 6.54. The van der Waals surface area contributed by atoms with Crippen LogP contribution in [-0.2, 0) is 4.79 Å². The van der Waals surface area contributed by atoms with Gasteiger partial charge in [-0.25, -0.2) is 0 Å². The lowest BCUT2D eigenvalue weighted by Crippen LogP contribution is -1.93. The van der Waals surface area contributed by atoms with Crippen LogP contribution in [0, 0.1) is 0 Å². The van der Waals surface area contributed by atoms with Crippen LogP contribution in [-0.4, -0.2) is 26.5 Å². The minimum absolute atomic E-state index is 0.332. The Kier molecular flexibility index (Phi) is 19.8. The number of unbranched alkanes of at least 4 members (excludes halogenated alkanes) is 11. The summed E-state index contributed by atoms with van der Waals surface area (Å²) in [7, 11) is 0. The molecule has 26 heavy (non-hydrogen) atoms. The van der Waals surface area contributed by atoms with E-state index in [9.17, 15) is 4.79 Å². The van der Waals surface area contributed by atoms with Crippen LogP contribution in [0.25, 0.3) is 0 Å². The van der Waals surface area contributed by atoms with Crippen molar-refractivity contribution < 1.29 is 9.90 Å². The first-order valence-corrected chi connectivity index (χ1v) is 10.2. The highest BCUT2D eigenvalue weighted by Crippen LogP contribution is 2.09. The summed E-state index contributed by atoms with van der Waals surface area (Å²) in [6.45, 7) is 2.26. The Morgan fingerprint density at radius 3 is 1.73 bits per heavy atom. The van der Waals surface area contributed by atoms with Crippen molar-refractivity contribution in [2.24, 2.45) is 0 Å². The second kappa shape index (κ2) is 21.3. The van der Waals surface area contributed by atoms with Gasteiger partial charge in [0.05, 0.1) is 12.4 Å². The van der Waals surface area contributed by atoms with E-state index >= 15 is 0 Å². The Bertz CT molecular complexity index is 398. The summed E-state index contributed by atoms with van der Waals surface area (Å²) in [6, 6.07) is 1.72. The maximum atomic E-state index is 10.3. The molecule has 0 aliphatic carbocycles. The van der Waals surface area contributed by atoms with Crippen LogP contribution in [0.3, 0.4) is 0 Å². The molecule has 0 radical (unpaired) electrons. The number of aliphatic carboxylic acids is 1. The summed E-state index contributed by atoms with van der Waals surface area (Å²) in [5.74, 6) is -0.664. The Labute approximate surface area is 159 Å². The van der Waals surface area contributed by atoms with Crippen LogP contribution in [0.15, 0.2) is 30.6 Å². The first-order chi connectivity index (χ1) is 12.8. The highest BCUT2D eigenvalue weighted by molar-refractivity contribution is 5.66. The van der Waals surface area contributed by atoms with Crippen molar-refractivity contribution in [3.8, 4) is 0 Å². The van der Waals surface area contributed by atoms with Gasteiger partial charge in [-0.3, -0.25) is 4.79 Å². The minimum Gasteiger partial charge on any atom is -0.481 e. The van der Waals surface area contributed by atoms with Gasteiger partial charge in [0, 0.05) is 6.42 Å². The maximum Gasteiger partial charge on any atom is 0.303 e. The number of carboxylic acids is 1. The quantitative estimate of drug-likeness (QED) is 0.306. The van der Waals surface area contributed by atoms with E-state index in [-0.39, 0.29) is 0 Å². The standard InChI is InChI=1S/C18H34O2.C3H3N3/c1-2-3-4-5-6-7-8-9-10-11-12-13-14-15-16-17-18(19)20;1-2-4-6-5-3-1/h9-10H,2-8,11-17H2,1H3,(H,19,20);1-3H/b10-9-;. The van der Waals surface area contributed by atoms with Gasteiger partial charge in [0.1, 0.15) is 0 Å². The zero-order chi connectivity index (χ0) is 19.1. The van der Waals surface area contributed by atoms with Gasteiger partial charge < -0.3 is 5.11 Å². The number of hydrogen-bond acceptors (Lipinski definition) is 4. The van der Waals surface area contributed by atoms with E-state index in [4.69, 9.17) is 5.11 Å². The van der Waals surface area contributed by atoms with Crippen molar-refractivity contribution in [1.82, 2.24) is 15.4 Å². The topological polar surface area (TPSA) is 76.0 Å². The number of carbonyl (C=O) groups is 1. The Balaban J connectivity index is 0.000000867. The van der Waals surface area contributed by atoms with Gasteiger partial charge in [0.15, 0.2) is 0 Å². The third-order valence-electron chi connectivity index (χ3n) is 4.06. The Morgan fingerprint density at radius 2 is 1.31 bits per heavy atom. The van der Waals surface area contributed by atoms with E-state index < -0.39 is 5.97 Å². The van der Waals surface area contributed by atoms with Crippen molar-refractivity contribution in [2.45, 2.75) is 96.8 Å². The smallest absolute Gasteiger partial charge is 0.303 e. The van der Waals surface area contributed by atoms with Crippen LogP contribution in [0.2, 0.25) is 0 Å². The average Bonchev–Trinajstić information content (AvgIpc) is 2.66. The first kappa shape index (κ1) is 24.2. The molecule has 1 heterocycles. The number of hydrogen-bond donors (Lipinski definition) is 1. The van der Waals surface area contributed by atoms with E-state index in [2.05, 4.69) is 34.5 Å². The molecule has 0 spiro atoms. The molecular weight excluding hydrogens is 326 g/mol. The van der Waals surface area contributed by atoms with E-state index in [1.807, 2.05) is 0 Å². The van der Waals surface area contributed by atoms with Gasteiger partial charge >= 0.3 is 5.97 Å². The zero-order valence-electron chi connectivity index (χ0n) is 16.5. The predicted octanol–water partition coefficient (Wildman–Crippen LogP) is 5.98. The summed E-state index contributed by atoms with van der Waals surface area (Å²) < 4.78 is 0. The van der Waals surface area contributed by atoms with Crippen LogP contribution in [0.1, 0.15) is 96.8 Å². The summed E-state index contributed by atoms with van der Waals surface area (Å²) in [5, 5.41) is 18.6. The van der Waals surface area contributed by atoms with Gasteiger partial charge in [-0.1, -0.05) is 70.4 Å². The van der Waals surface area contributed by atoms with E-state index in [1.54, 1.807) is 18.5 Å². The van der Waals surface area contributed by atoms with Crippen LogP contribution in [0.5, 0.6) is 0 Å². The van der Waals surface area contributed by atoms with Crippen molar-refractivity contribution in [1.29, 1.82) is 0 Å². The number of nitrogens with zero attached hydrogens (tertiary/aromatic N) is 3. The fraction of sp³-hybridized carbons (Fsp3) is 0.714. The minimum atomic E-state index is -0.664. The fourth-order valence-corrected chi connectivity index (χ4v) is 2.55. The van der Waals surface area contributed by atoms with Gasteiger partial charge in [-0.05, 0) is 43.4 Å². The molecule has 0 saturated heterocycles. The zero-order valence-corrected chi connectivity index (χ0v) is 16.5. The first-order valence-electron chi connectivity index (χ1n) is 10.2. The number of carboxylic acid groups (broad SMARTS) is 1. The largest absolute Gasteiger partial charge is 0.481 e. The van der Waals surface area contributed by atoms with Crippen molar-refractivity contribution >= 4 is 5.97 Å². The molecule has 0 aromatic carbocycles. The molecule has 0 fully saturated rings. The molecule has 1 rings (SSSR count). The number of allylic oxidation sites excluding steroid dienone is 2. The lowest BCUT2D eigenvalue weighted by molar-refractivity contribution is -0.137. The van der Waals surface area contributed by atoms with Crippen molar-refractivity contribution in [3.63, 3.8) is 0 Å². The molecular formula is C21H37N3O2. The number of rotatable bonds is 15. The molecule has 0 aliphatic heterocycles. The van der Waals surface area contributed by atoms with Gasteiger partial charge in [0.2, 0.25) is 0 Å². The van der Waals surface area contributed by atoms with Crippen LogP contribution < -0.4 is 0 Å². The summed E-state index contributed by atoms with van der Waals surface area (Å²) >= 11 is 0. The molecule has 5 nitrogen and oxygen atoms in total. The Morgan fingerprint density at radius 1 is 0.808 bits per heavy atom. The molecule has 0 aliphatic rings. The van der Waals surface area contributed by atoms with Crippen LogP contribution >= 0.6 is 0 Å². The molecule has 5 heteroatoms. The summed E-state index contributed by atoms with van der Waals surface area (Å²) in [6.07, 6.45) is 24.4. The molecule has 0 unspecified atom stereocenters. The summed E-state index contributed by atoms with van der Waals surface area (Å²) in [4.78, 5) is 10.3. The lowest BCUT2D eigenvalue weighted by Gasteiger charge is -1.99. The van der Waals surface area contributed by atoms with Gasteiger partial charge in [0.25, 0.3) is 0 Å². The van der Waals surface area contributed by atoms with Gasteiger partial charge in [-0.2, -0.15) is 0 Å². The van der Waals surface area contributed by atoms with E-state index in [1.165, 1.54) is 70.6 Å². The van der Waals surface area contributed by atoms with Crippen molar-refractivity contribution in [2.75, 3.05) is 0 Å². The maximum absolute atomic E-state index is 10.3. The lowest BCUT2D eigenvalue weighted by atomic mass is 10.1. The van der Waals surface area contributed by atoms with Gasteiger partial charge in [-0.15, -0.1) is 10.2 Å².